The van der Waals surface area contributed by atoms with E-state index >= 15 is 0 Å². The molecule has 5 heteroatoms. The average molecular weight is 292 g/mol. The van der Waals surface area contributed by atoms with Gasteiger partial charge in [-0.2, -0.15) is 4.98 Å². The van der Waals surface area contributed by atoms with Crippen LogP contribution in [0.4, 0.5) is 0 Å². The van der Waals surface area contributed by atoms with Crippen LogP contribution in [0.2, 0.25) is 0 Å². The highest BCUT2D eigenvalue weighted by Gasteiger charge is 2.53. The lowest BCUT2D eigenvalue weighted by Crippen LogP contribution is -2.49. The Bertz CT molecular complexity index is 478. The van der Waals surface area contributed by atoms with Gasteiger partial charge in [0, 0.05) is 12.0 Å². The molecule has 0 aromatic carbocycles. The summed E-state index contributed by atoms with van der Waals surface area (Å²) >= 11 is 0. The molecular formula is C16H24N2O3. The van der Waals surface area contributed by atoms with Gasteiger partial charge in [-0.25, -0.2) is 0 Å². The van der Waals surface area contributed by atoms with Crippen LogP contribution in [-0.4, -0.2) is 27.0 Å². The second-order valence-corrected chi connectivity index (χ2v) is 7.54. The van der Waals surface area contributed by atoms with Gasteiger partial charge in [-0.15, -0.1) is 0 Å². The lowest BCUT2D eigenvalue weighted by atomic mass is 9.49. The molecule has 0 radical (unpaired) electrons. The van der Waals surface area contributed by atoms with Gasteiger partial charge < -0.3 is 14.7 Å². The van der Waals surface area contributed by atoms with E-state index in [4.69, 9.17) is 9.63 Å². The molecule has 0 saturated heterocycles. The number of aliphatic hydroxyl groups excluding tert-OH is 2. The fraction of sp³-hybridized carbons (Fsp3) is 0.875. The highest BCUT2D eigenvalue weighted by atomic mass is 16.5. The van der Waals surface area contributed by atoms with E-state index in [1.807, 2.05) is 0 Å². The number of aliphatic hydroxyl groups is 2. The predicted octanol–water partition coefficient (Wildman–Crippen LogP) is 2.34. The molecule has 1 aromatic heterocycles. The first-order valence-electron chi connectivity index (χ1n) is 8.31. The maximum absolute atomic E-state index is 10.0. The third kappa shape index (κ3) is 2.30. The highest BCUT2D eigenvalue weighted by molar-refractivity contribution is 5.16. The second kappa shape index (κ2) is 5.06. The lowest BCUT2D eigenvalue weighted by Gasteiger charge is -2.55. The zero-order chi connectivity index (χ0) is 14.4. The van der Waals surface area contributed by atoms with Gasteiger partial charge in [0.25, 0.3) is 5.89 Å². The number of rotatable bonds is 5. The zero-order valence-corrected chi connectivity index (χ0v) is 12.4. The maximum atomic E-state index is 10.0. The van der Waals surface area contributed by atoms with Gasteiger partial charge in [0.05, 0.1) is 0 Å². The maximum Gasteiger partial charge on any atom is 0.255 e. The van der Waals surface area contributed by atoms with E-state index < -0.39 is 6.10 Å². The number of hydrogen-bond donors (Lipinski definition) is 2. The van der Waals surface area contributed by atoms with E-state index in [0.29, 0.717) is 18.7 Å². The molecule has 4 aliphatic rings. The SMILES string of the molecule is OCCCC(O)c1nc(C23CC4CC(CC(C4)C2)C3)no1. The van der Waals surface area contributed by atoms with Crippen molar-refractivity contribution < 1.29 is 14.7 Å². The van der Waals surface area contributed by atoms with E-state index in [0.717, 1.165) is 23.6 Å². The minimum Gasteiger partial charge on any atom is -0.396 e. The Kier molecular flexibility index (Phi) is 3.30. The number of aromatic nitrogens is 2. The van der Waals surface area contributed by atoms with Gasteiger partial charge in [0.1, 0.15) is 6.10 Å². The first-order valence-corrected chi connectivity index (χ1v) is 8.31. The van der Waals surface area contributed by atoms with Crippen molar-refractivity contribution in [2.45, 2.75) is 62.9 Å². The minimum atomic E-state index is -0.743. The molecule has 4 aliphatic carbocycles. The molecule has 4 fully saturated rings. The Labute approximate surface area is 124 Å². The molecule has 5 rings (SSSR count). The molecule has 0 amide bonds. The van der Waals surface area contributed by atoms with Gasteiger partial charge in [-0.3, -0.25) is 0 Å². The van der Waals surface area contributed by atoms with Crippen molar-refractivity contribution in [1.29, 1.82) is 0 Å². The van der Waals surface area contributed by atoms with Crippen molar-refractivity contribution in [2.24, 2.45) is 17.8 Å². The third-order valence-electron chi connectivity index (χ3n) is 5.88. The first-order chi connectivity index (χ1) is 10.2. The number of nitrogens with zero attached hydrogens (tertiary/aromatic N) is 2. The summed E-state index contributed by atoms with van der Waals surface area (Å²) in [5.41, 5.74) is 0.118. The molecule has 116 valence electrons. The van der Waals surface area contributed by atoms with E-state index in [9.17, 15) is 5.11 Å². The van der Waals surface area contributed by atoms with Crippen LogP contribution in [0.15, 0.2) is 4.52 Å². The fourth-order valence-electron chi connectivity index (χ4n) is 5.38. The average Bonchev–Trinajstić information content (AvgIpc) is 2.94. The van der Waals surface area contributed by atoms with Crippen LogP contribution < -0.4 is 0 Å². The molecule has 0 aliphatic heterocycles. The van der Waals surface area contributed by atoms with Gasteiger partial charge >= 0.3 is 0 Å². The molecule has 1 heterocycles. The highest BCUT2D eigenvalue weighted by Crippen LogP contribution is 2.60. The van der Waals surface area contributed by atoms with Crippen molar-refractivity contribution in [3.63, 3.8) is 0 Å². The molecule has 1 unspecified atom stereocenters. The largest absolute Gasteiger partial charge is 0.396 e. The zero-order valence-electron chi connectivity index (χ0n) is 12.4. The van der Waals surface area contributed by atoms with E-state index in [1.165, 1.54) is 38.5 Å². The standard InChI is InChI=1S/C16H24N2O3/c19-3-1-2-13(20)14-17-15(18-21-14)16-7-10-4-11(8-16)6-12(5-10)9-16/h10-13,19-20H,1-9H2. The van der Waals surface area contributed by atoms with Crippen molar-refractivity contribution in [3.05, 3.63) is 11.7 Å². The van der Waals surface area contributed by atoms with Gasteiger partial charge in [0.15, 0.2) is 5.82 Å². The van der Waals surface area contributed by atoms with E-state index in [1.54, 1.807) is 0 Å². The van der Waals surface area contributed by atoms with Gasteiger partial charge in [-0.05, 0) is 69.1 Å². The summed E-state index contributed by atoms with van der Waals surface area (Å²) in [6, 6.07) is 0. The van der Waals surface area contributed by atoms with Crippen LogP contribution in [0, 0.1) is 17.8 Å². The van der Waals surface area contributed by atoms with Crippen LogP contribution in [0.25, 0.3) is 0 Å². The second-order valence-electron chi connectivity index (χ2n) is 7.54. The summed E-state index contributed by atoms with van der Waals surface area (Å²) in [6.07, 6.45) is 8.05. The monoisotopic (exact) mass is 292 g/mol. The van der Waals surface area contributed by atoms with Crippen LogP contribution in [0.1, 0.15) is 69.2 Å². The normalized spacial score (nSPS) is 38.9. The van der Waals surface area contributed by atoms with E-state index in [-0.39, 0.29) is 12.0 Å². The lowest BCUT2D eigenvalue weighted by molar-refractivity contribution is -0.0103. The van der Waals surface area contributed by atoms with Crippen LogP contribution in [0.5, 0.6) is 0 Å². The van der Waals surface area contributed by atoms with Crippen molar-refractivity contribution in [2.75, 3.05) is 6.61 Å². The van der Waals surface area contributed by atoms with Crippen molar-refractivity contribution in [1.82, 2.24) is 10.1 Å². The molecule has 21 heavy (non-hydrogen) atoms. The summed E-state index contributed by atoms with van der Waals surface area (Å²) in [7, 11) is 0. The summed E-state index contributed by atoms with van der Waals surface area (Å²) in [6.45, 7) is 0.0764. The fourth-order valence-corrected chi connectivity index (χ4v) is 5.38. The molecule has 4 saturated carbocycles. The molecule has 4 bridgehead atoms. The summed E-state index contributed by atoms with van der Waals surface area (Å²) in [5, 5.41) is 23.1. The van der Waals surface area contributed by atoms with Crippen molar-refractivity contribution >= 4 is 0 Å². The Morgan fingerprint density at radius 2 is 1.76 bits per heavy atom. The van der Waals surface area contributed by atoms with Crippen LogP contribution >= 0.6 is 0 Å². The van der Waals surface area contributed by atoms with Gasteiger partial charge in [0.2, 0.25) is 0 Å². The molecule has 5 nitrogen and oxygen atoms in total. The Morgan fingerprint density at radius 3 is 2.33 bits per heavy atom. The minimum absolute atomic E-state index is 0.0764. The summed E-state index contributed by atoms with van der Waals surface area (Å²) in [5.74, 6) is 3.70. The summed E-state index contributed by atoms with van der Waals surface area (Å²) < 4.78 is 5.32. The molecule has 0 spiro atoms. The van der Waals surface area contributed by atoms with Gasteiger partial charge in [-0.1, -0.05) is 5.16 Å². The smallest absolute Gasteiger partial charge is 0.255 e. The Hall–Kier alpha value is -0.940. The molecular weight excluding hydrogens is 268 g/mol. The molecule has 1 aromatic rings. The first kappa shape index (κ1) is 13.7. The Morgan fingerprint density at radius 1 is 1.14 bits per heavy atom. The van der Waals surface area contributed by atoms with Crippen LogP contribution in [0.3, 0.4) is 0 Å². The topological polar surface area (TPSA) is 79.4 Å². The van der Waals surface area contributed by atoms with E-state index in [2.05, 4.69) is 10.1 Å². The van der Waals surface area contributed by atoms with Crippen LogP contribution in [-0.2, 0) is 5.41 Å². The quantitative estimate of drug-likeness (QED) is 0.871. The Balaban J connectivity index is 1.55. The predicted molar refractivity (Wildman–Crippen MR) is 75.4 cm³/mol. The number of hydrogen-bond acceptors (Lipinski definition) is 5. The molecule has 2 N–H and O–H groups in total. The molecule has 1 atom stereocenters. The van der Waals surface area contributed by atoms with Crippen molar-refractivity contribution in [3.8, 4) is 0 Å². The third-order valence-corrected chi connectivity index (χ3v) is 5.88. The summed E-state index contributed by atoms with van der Waals surface area (Å²) in [4.78, 5) is 4.54.